The van der Waals surface area contributed by atoms with Crippen LogP contribution in [0.15, 0.2) is 15.7 Å². The van der Waals surface area contributed by atoms with Crippen LogP contribution in [0.25, 0.3) is 0 Å². The van der Waals surface area contributed by atoms with Gasteiger partial charge in [0.15, 0.2) is 0 Å². The standard InChI is InChI=1S/C22H34N4O2/c1-15-5-4-8-21(2,3)18(15)11-25-9-17-10-26(13-22(17,12-25)14-27)20-23-19(28-24-20)16-6-7-16/h16-17,27H,4-14H2,1-3H3. The lowest BCUT2D eigenvalue weighted by Crippen LogP contribution is -2.39. The summed E-state index contributed by atoms with van der Waals surface area (Å²) in [5.41, 5.74) is 3.47. The van der Waals surface area contributed by atoms with Crippen molar-refractivity contribution in [2.24, 2.45) is 16.7 Å². The number of hydrogen-bond donors (Lipinski definition) is 1. The van der Waals surface area contributed by atoms with Crippen LogP contribution in [0.4, 0.5) is 5.95 Å². The molecule has 6 nitrogen and oxygen atoms in total. The fourth-order valence-electron chi connectivity index (χ4n) is 5.89. The van der Waals surface area contributed by atoms with Crippen molar-refractivity contribution in [1.82, 2.24) is 15.0 Å². The third-order valence-electron chi connectivity index (χ3n) is 7.85. The number of aliphatic hydroxyl groups is 1. The molecule has 0 aromatic carbocycles. The lowest BCUT2D eigenvalue weighted by atomic mass is 9.72. The van der Waals surface area contributed by atoms with Gasteiger partial charge in [-0.25, -0.2) is 0 Å². The minimum absolute atomic E-state index is 0.0619. The Morgan fingerprint density at radius 1 is 1.21 bits per heavy atom. The molecule has 0 spiro atoms. The zero-order valence-electron chi connectivity index (χ0n) is 17.6. The Hall–Kier alpha value is -1.40. The maximum Gasteiger partial charge on any atom is 0.266 e. The van der Waals surface area contributed by atoms with Crippen molar-refractivity contribution >= 4 is 5.95 Å². The third kappa shape index (κ3) is 3.09. The summed E-state index contributed by atoms with van der Waals surface area (Å²) in [5.74, 6) is 2.48. The number of hydrogen-bond acceptors (Lipinski definition) is 6. The van der Waals surface area contributed by atoms with Gasteiger partial charge in [-0.2, -0.15) is 4.98 Å². The van der Waals surface area contributed by atoms with E-state index in [1.54, 1.807) is 11.1 Å². The first-order valence-electron chi connectivity index (χ1n) is 11.0. The monoisotopic (exact) mass is 386 g/mol. The molecule has 2 unspecified atom stereocenters. The molecule has 6 heteroatoms. The van der Waals surface area contributed by atoms with Crippen LogP contribution in [-0.4, -0.2) is 59.5 Å². The van der Waals surface area contributed by atoms with Crippen molar-refractivity contribution in [3.8, 4) is 0 Å². The predicted octanol–water partition coefficient (Wildman–Crippen LogP) is 3.20. The van der Waals surface area contributed by atoms with E-state index in [2.05, 4.69) is 40.7 Å². The third-order valence-corrected chi connectivity index (χ3v) is 7.85. The van der Waals surface area contributed by atoms with Crippen LogP contribution in [0.1, 0.15) is 64.7 Å². The lowest BCUT2D eigenvalue weighted by molar-refractivity contribution is 0.126. The van der Waals surface area contributed by atoms with E-state index in [-0.39, 0.29) is 12.0 Å². The number of allylic oxidation sites excluding steroid dienone is 1. The molecule has 0 amide bonds. The predicted molar refractivity (Wildman–Crippen MR) is 108 cm³/mol. The fraction of sp³-hybridized carbons (Fsp3) is 0.818. The molecule has 2 aliphatic heterocycles. The molecule has 2 saturated heterocycles. The van der Waals surface area contributed by atoms with Crippen molar-refractivity contribution in [1.29, 1.82) is 0 Å². The number of fused-ring (bicyclic) bond motifs is 1. The zero-order chi connectivity index (χ0) is 19.5. The largest absolute Gasteiger partial charge is 0.396 e. The fourth-order valence-corrected chi connectivity index (χ4v) is 5.89. The van der Waals surface area contributed by atoms with Gasteiger partial charge in [0.25, 0.3) is 5.95 Å². The second-order valence-electron chi connectivity index (χ2n) is 10.5. The summed E-state index contributed by atoms with van der Waals surface area (Å²) in [6.07, 6.45) is 6.19. The maximum absolute atomic E-state index is 10.3. The minimum Gasteiger partial charge on any atom is -0.396 e. The van der Waals surface area contributed by atoms with Crippen LogP contribution < -0.4 is 4.90 Å². The molecular formula is C22H34N4O2. The van der Waals surface area contributed by atoms with Crippen LogP contribution in [0.2, 0.25) is 0 Å². The average molecular weight is 387 g/mol. The molecule has 5 rings (SSSR count). The Kier molecular flexibility index (Phi) is 4.36. The lowest BCUT2D eigenvalue weighted by Gasteiger charge is -2.37. The highest BCUT2D eigenvalue weighted by Gasteiger charge is 2.53. The number of anilines is 1. The highest BCUT2D eigenvalue weighted by Crippen LogP contribution is 2.46. The zero-order valence-corrected chi connectivity index (χ0v) is 17.6. The van der Waals surface area contributed by atoms with Crippen molar-refractivity contribution in [3.05, 3.63) is 17.0 Å². The first-order valence-corrected chi connectivity index (χ1v) is 11.0. The van der Waals surface area contributed by atoms with Gasteiger partial charge < -0.3 is 14.5 Å². The molecular weight excluding hydrogens is 352 g/mol. The smallest absolute Gasteiger partial charge is 0.266 e. The maximum atomic E-state index is 10.3. The summed E-state index contributed by atoms with van der Waals surface area (Å²) in [5, 5.41) is 14.6. The minimum atomic E-state index is -0.0619. The van der Waals surface area contributed by atoms with E-state index in [0.29, 0.717) is 17.3 Å². The van der Waals surface area contributed by atoms with E-state index < -0.39 is 0 Å². The molecule has 2 aliphatic carbocycles. The van der Waals surface area contributed by atoms with Crippen LogP contribution in [0.5, 0.6) is 0 Å². The highest BCUT2D eigenvalue weighted by atomic mass is 16.5. The summed E-state index contributed by atoms with van der Waals surface area (Å²) in [6.45, 7) is 12.2. The summed E-state index contributed by atoms with van der Waals surface area (Å²) in [6, 6.07) is 0. The first-order chi connectivity index (χ1) is 13.4. The molecule has 0 bridgehead atoms. The van der Waals surface area contributed by atoms with Gasteiger partial charge in [0.1, 0.15) is 0 Å². The summed E-state index contributed by atoms with van der Waals surface area (Å²) >= 11 is 0. The molecule has 1 saturated carbocycles. The van der Waals surface area contributed by atoms with Crippen molar-refractivity contribution in [3.63, 3.8) is 0 Å². The van der Waals surface area contributed by atoms with Crippen LogP contribution in [0.3, 0.4) is 0 Å². The van der Waals surface area contributed by atoms with Crippen LogP contribution in [-0.2, 0) is 0 Å². The Balaban J connectivity index is 1.29. The van der Waals surface area contributed by atoms with Crippen molar-refractivity contribution in [2.45, 2.75) is 58.8 Å². The molecule has 1 N–H and O–H groups in total. The normalized spacial score (nSPS) is 33.0. The van der Waals surface area contributed by atoms with Gasteiger partial charge in [0, 0.05) is 44.1 Å². The van der Waals surface area contributed by atoms with E-state index >= 15 is 0 Å². The second kappa shape index (κ2) is 6.56. The van der Waals surface area contributed by atoms with Gasteiger partial charge in [0.05, 0.1) is 6.61 Å². The molecule has 0 radical (unpaired) electrons. The molecule has 4 aliphatic rings. The number of aliphatic hydroxyl groups excluding tert-OH is 1. The Bertz CT molecular complexity index is 781. The van der Waals surface area contributed by atoms with E-state index in [1.807, 2.05) is 0 Å². The topological polar surface area (TPSA) is 65.6 Å². The molecule has 3 heterocycles. The first kappa shape index (κ1) is 18.6. The van der Waals surface area contributed by atoms with Crippen LogP contribution >= 0.6 is 0 Å². The highest BCUT2D eigenvalue weighted by molar-refractivity contribution is 5.34. The Morgan fingerprint density at radius 2 is 2.04 bits per heavy atom. The van der Waals surface area contributed by atoms with Gasteiger partial charge >= 0.3 is 0 Å². The second-order valence-corrected chi connectivity index (χ2v) is 10.5. The molecule has 154 valence electrons. The van der Waals surface area contributed by atoms with Gasteiger partial charge in [-0.15, -0.1) is 0 Å². The summed E-state index contributed by atoms with van der Waals surface area (Å²) in [4.78, 5) is 9.47. The van der Waals surface area contributed by atoms with Crippen molar-refractivity contribution in [2.75, 3.05) is 44.2 Å². The van der Waals surface area contributed by atoms with Gasteiger partial charge in [-0.05, 0) is 55.5 Å². The SMILES string of the molecule is CC1=C(CN2CC3CN(c4noc(C5CC5)n4)CC3(CO)C2)C(C)(C)CCC1. The van der Waals surface area contributed by atoms with E-state index in [9.17, 15) is 5.11 Å². The Labute approximate surface area is 168 Å². The van der Waals surface area contributed by atoms with E-state index in [0.717, 1.165) is 44.6 Å². The number of rotatable bonds is 5. The summed E-state index contributed by atoms with van der Waals surface area (Å²) < 4.78 is 5.46. The average Bonchev–Trinajstić information content (AvgIpc) is 3.12. The number of aromatic nitrogens is 2. The molecule has 1 aromatic rings. The quantitative estimate of drug-likeness (QED) is 0.784. The molecule has 3 fully saturated rings. The molecule has 1 aromatic heterocycles. The van der Waals surface area contributed by atoms with Crippen LogP contribution in [0, 0.1) is 16.7 Å². The van der Waals surface area contributed by atoms with Crippen molar-refractivity contribution < 1.29 is 9.63 Å². The summed E-state index contributed by atoms with van der Waals surface area (Å²) in [7, 11) is 0. The molecule has 28 heavy (non-hydrogen) atoms. The molecule has 2 atom stereocenters. The van der Waals surface area contributed by atoms with E-state index in [4.69, 9.17) is 4.52 Å². The number of nitrogens with zero attached hydrogens (tertiary/aromatic N) is 4. The Morgan fingerprint density at radius 3 is 2.71 bits per heavy atom. The van der Waals surface area contributed by atoms with Gasteiger partial charge in [0.2, 0.25) is 5.89 Å². The number of likely N-dealkylation sites (tertiary alicyclic amines) is 1. The van der Waals surface area contributed by atoms with Gasteiger partial charge in [-0.3, -0.25) is 4.90 Å². The van der Waals surface area contributed by atoms with Gasteiger partial charge in [-0.1, -0.05) is 25.0 Å². The van der Waals surface area contributed by atoms with E-state index in [1.165, 1.54) is 32.1 Å².